The second kappa shape index (κ2) is 6.68. The molecule has 0 fully saturated rings. The Hall–Kier alpha value is -1.17. The van der Waals surface area contributed by atoms with Crippen molar-refractivity contribution in [3.8, 4) is 5.75 Å². The van der Waals surface area contributed by atoms with Crippen LogP contribution >= 0.6 is 15.9 Å². The van der Waals surface area contributed by atoms with Crippen molar-refractivity contribution in [2.75, 3.05) is 0 Å². The van der Waals surface area contributed by atoms with Crippen molar-refractivity contribution >= 4 is 21.8 Å². The van der Waals surface area contributed by atoms with E-state index in [0.717, 1.165) is 0 Å². The van der Waals surface area contributed by atoms with E-state index in [0.29, 0.717) is 5.56 Å². The summed E-state index contributed by atoms with van der Waals surface area (Å²) in [4.78, 5) is 11.2. The molecule has 0 aliphatic heterocycles. The number of benzene rings is 1. The molecule has 2 atom stereocenters. The average Bonchev–Trinajstić information content (AvgIpc) is 2.28. The van der Waals surface area contributed by atoms with Gasteiger partial charge in [0.05, 0.1) is 10.9 Å². The highest BCUT2D eigenvalue weighted by atomic mass is 79.9. The Morgan fingerprint density at radius 3 is 2.50 bits per heavy atom. The van der Waals surface area contributed by atoms with Crippen molar-refractivity contribution in [2.24, 2.45) is 0 Å². The number of ether oxygens (including phenoxy) is 1. The van der Waals surface area contributed by atoms with E-state index in [9.17, 15) is 13.6 Å². The Bertz CT molecular complexity index is 413. The van der Waals surface area contributed by atoms with Gasteiger partial charge in [0.25, 0.3) is 0 Å². The van der Waals surface area contributed by atoms with Gasteiger partial charge >= 0.3 is 6.61 Å². The van der Waals surface area contributed by atoms with Gasteiger partial charge in [0.1, 0.15) is 5.75 Å². The molecule has 1 N–H and O–H groups in total. The van der Waals surface area contributed by atoms with Crippen LogP contribution in [0, 0.1) is 0 Å². The predicted molar refractivity (Wildman–Crippen MR) is 68.0 cm³/mol. The topological polar surface area (TPSA) is 38.3 Å². The fourth-order valence-electron chi connectivity index (χ4n) is 1.45. The number of carbonyl (C=O) groups excluding carboxylic acids is 1. The smallest absolute Gasteiger partial charge is 0.387 e. The number of hydrogen-bond donors (Lipinski definition) is 1. The summed E-state index contributed by atoms with van der Waals surface area (Å²) in [5.74, 6) is -0.142. The minimum Gasteiger partial charge on any atom is -0.434 e. The predicted octanol–water partition coefficient (Wildman–Crippen LogP) is 3.25. The van der Waals surface area contributed by atoms with E-state index >= 15 is 0 Å². The van der Waals surface area contributed by atoms with Crippen LogP contribution in [-0.2, 0) is 4.79 Å². The summed E-state index contributed by atoms with van der Waals surface area (Å²) in [5.41, 5.74) is 0.513. The molecule has 0 aliphatic rings. The first-order valence-corrected chi connectivity index (χ1v) is 6.31. The minimum absolute atomic E-state index is 0.0718. The van der Waals surface area contributed by atoms with E-state index in [4.69, 9.17) is 0 Å². The van der Waals surface area contributed by atoms with Gasteiger partial charge < -0.3 is 10.1 Å². The maximum absolute atomic E-state index is 12.2. The highest BCUT2D eigenvalue weighted by Gasteiger charge is 2.17. The largest absolute Gasteiger partial charge is 0.434 e. The van der Waals surface area contributed by atoms with Crippen LogP contribution in [0.4, 0.5) is 8.78 Å². The first kappa shape index (κ1) is 14.9. The SMILES string of the molecule is CC(Br)C(=O)NC(C)c1ccccc1OC(F)F. The maximum Gasteiger partial charge on any atom is 0.387 e. The number of carbonyl (C=O) groups is 1. The van der Waals surface area contributed by atoms with Crippen LogP contribution in [0.25, 0.3) is 0 Å². The Labute approximate surface area is 113 Å². The first-order chi connectivity index (χ1) is 8.41. The van der Waals surface area contributed by atoms with Gasteiger partial charge in [-0.2, -0.15) is 8.78 Å². The average molecular weight is 322 g/mol. The monoisotopic (exact) mass is 321 g/mol. The molecule has 0 bridgehead atoms. The molecule has 0 saturated heterocycles. The molecule has 18 heavy (non-hydrogen) atoms. The number of alkyl halides is 3. The molecule has 2 unspecified atom stereocenters. The van der Waals surface area contributed by atoms with Gasteiger partial charge in [-0.05, 0) is 19.9 Å². The summed E-state index contributed by atoms with van der Waals surface area (Å²) in [5, 5.41) is 2.70. The molecular formula is C12H14BrF2NO2. The second-order valence-corrected chi connectivity index (χ2v) is 5.14. The van der Waals surface area contributed by atoms with Crippen LogP contribution in [0.1, 0.15) is 25.5 Å². The lowest BCUT2D eigenvalue weighted by Crippen LogP contribution is -2.32. The summed E-state index contributed by atoms with van der Waals surface area (Å²) in [6, 6.07) is 5.98. The van der Waals surface area contributed by atoms with Crippen LogP contribution in [-0.4, -0.2) is 17.3 Å². The molecule has 0 radical (unpaired) electrons. The lowest BCUT2D eigenvalue weighted by Gasteiger charge is -2.18. The Balaban J connectivity index is 2.84. The van der Waals surface area contributed by atoms with Gasteiger partial charge in [-0.15, -0.1) is 0 Å². The number of halogens is 3. The van der Waals surface area contributed by atoms with Crippen molar-refractivity contribution in [3.63, 3.8) is 0 Å². The number of amides is 1. The Kier molecular flexibility index (Phi) is 5.53. The van der Waals surface area contributed by atoms with Crippen LogP contribution < -0.4 is 10.1 Å². The molecule has 100 valence electrons. The molecule has 6 heteroatoms. The Morgan fingerprint density at radius 2 is 1.94 bits per heavy atom. The standard InChI is InChI=1S/C12H14BrF2NO2/c1-7(13)11(17)16-8(2)9-5-3-4-6-10(9)18-12(14)15/h3-8,12H,1-2H3,(H,16,17). The van der Waals surface area contributed by atoms with E-state index < -0.39 is 12.7 Å². The van der Waals surface area contributed by atoms with Gasteiger partial charge in [-0.25, -0.2) is 0 Å². The molecular weight excluding hydrogens is 308 g/mol. The lowest BCUT2D eigenvalue weighted by molar-refractivity contribution is -0.120. The number of para-hydroxylation sites is 1. The van der Waals surface area contributed by atoms with E-state index in [1.165, 1.54) is 6.07 Å². The van der Waals surface area contributed by atoms with Gasteiger partial charge in [-0.1, -0.05) is 34.1 Å². The zero-order valence-electron chi connectivity index (χ0n) is 9.99. The Morgan fingerprint density at radius 1 is 1.33 bits per heavy atom. The minimum atomic E-state index is -2.89. The summed E-state index contributed by atoms with van der Waals surface area (Å²) < 4.78 is 28.9. The molecule has 0 heterocycles. The first-order valence-electron chi connectivity index (χ1n) is 5.40. The van der Waals surface area contributed by atoms with Crippen LogP contribution in [0.3, 0.4) is 0 Å². The normalized spacial score (nSPS) is 14.1. The van der Waals surface area contributed by atoms with Gasteiger partial charge in [-0.3, -0.25) is 4.79 Å². The second-order valence-electron chi connectivity index (χ2n) is 3.76. The van der Waals surface area contributed by atoms with Crippen LogP contribution in [0.15, 0.2) is 24.3 Å². The van der Waals surface area contributed by atoms with Crippen LogP contribution in [0.2, 0.25) is 0 Å². The summed E-state index contributed by atoms with van der Waals surface area (Å²) in [6.07, 6.45) is 0. The van der Waals surface area contributed by atoms with Gasteiger partial charge in [0.2, 0.25) is 5.91 Å². The zero-order chi connectivity index (χ0) is 13.7. The molecule has 3 nitrogen and oxygen atoms in total. The third kappa shape index (κ3) is 4.25. The summed E-state index contributed by atoms with van der Waals surface area (Å²) >= 11 is 3.14. The van der Waals surface area contributed by atoms with Gasteiger partial charge in [0, 0.05) is 5.56 Å². The molecule has 1 aromatic carbocycles. The lowest BCUT2D eigenvalue weighted by atomic mass is 10.1. The molecule has 1 rings (SSSR count). The molecule has 0 aliphatic carbocycles. The van der Waals surface area contributed by atoms with Crippen molar-refractivity contribution < 1.29 is 18.3 Å². The number of hydrogen-bond acceptors (Lipinski definition) is 2. The number of rotatable bonds is 5. The molecule has 0 aromatic heterocycles. The van der Waals surface area contributed by atoms with E-state index in [1.54, 1.807) is 32.0 Å². The number of nitrogens with one attached hydrogen (secondary N) is 1. The van der Waals surface area contributed by atoms with Gasteiger partial charge in [0.15, 0.2) is 0 Å². The fraction of sp³-hybridized carbons (Fsp3) is 0.417. The quantitative estimate of drug-likeness (QED) is 0.845. The highest BCUT2D eigenvalue weighted by Crippen LogP contribution is 2.26. The van der Waals surface area contributed by atoms with E-state index in [-0.39, 0.29) is 16.5 Å². The molecule has 1 aromatic rings. The van der Waals surface area contributed by atoms with Crippen molar-refractivity contribution in [1.29, 1.82) is 0 Å². The molecule has 1 amide bonds. The van der Waals surface area contributed by atoms with E-state index in [2.05, 4.69) is 26.0 Å². The van der Waals surface area contributed by atoms with Crippen molar-refractivity contribution in [1.82, 2.24) is 5.32 Å². The van der Waals surface area contributed by atoms with E-state index in [1.807, 2.05) is 0 Å². The molecule has 0 spiro atoms. The van der Waals surface area contributed by atoms with Crippen LogP contribution in [0.5, 0.6) is 5.75 Å². The highest BCUT2D eigenvalue weighted by molar-refractivity contribution is 9.10. The fourth-order valence-corrected chi connectivity index (χ4v) is 1.58. The van der Waals surface area contributed by atoms with Crippen molar-refractivity contribution in [3.05, 3.63) is 29.8 Å². The maximum atomic E-state index is 12.2. The molecule has 0 saturated carbocycles. The summed E-state index contributed by atoms with van der Waals surface area (Å²) in [7, 11) is 0. The summed E-state index contributed by atoms with van der Waals surface area (Å²) in [6.45, 7) is 0.508. The van der Waals surface area contributed by atoms with Crippen molar-refractivity contribution in [2.45, 2.75) is 31.3 Å². The zero-order valence-corrected chi connectivity index (χ0v) is 11.6. The third-order valence-corrected chi connectivity index (χ3v) is 2.74. The third-order valence-electron chi connectivity index (χ3n) is 2.32.